The van der Waals surface area contributed by atoms with Gasteiger partial charge in [-0.1, -0.05) is 0 Å². The van der Waals surface area contributed by atoms with E-state index in [-0.39, 0.29) is 18.8 Å². The quantitative estimate of drug-likeness (QED) is 0.675. The molecule has 5 nitrogen and oxygen atoms in total. The van der Waals surface area contributed by atoms with E-state index in [0.29, 0.717) is 0 Å². The minimum absolute atomic E-state index is 0.179. The maximum atomic E-state index is 10.8. The first-order valence-corrected chi connectivity index (χ1v) is 5.31. The summed E-state index contributed by atoms with van der Waals surface area (Å²) in [6, 6.07) is 0. The first-order chi connectivity index (χ1) is 6.97. The Balaban J connectivity index is 1.93. The molecule has 2 aliphatic heterocycles. The van der Waals surface area contributed by atoms with Gasteiger partial charge in [-0.05, 0) is 19.8 Å². The van der Waals surface area contributed by atoms with Gasteiger partial charge in [0.2, 0.25) is 0 Å². The van der Waals surface area contributed by atoms with Gasteiger partial charge in [0.15, 0.2) is 5.60 Å². The Hall–Kier alpha value is -0.650. The van der Waals surface area contributed by atoms with Gasteiger partial charge in [0.05, 0.1) is 12.2 Å². The molecule has 0 spiro atoms. The van der Waals surface area contributed by atoms with E-state index in [1.54, 1.807) is 0 Å². The number of carbonyl (C=O) groups is 1. The molecule has 2 rings (SSSR count). The van der Waals surface area contributed by atoms with Gasteiger partial charge in [-0.15, -0.1) is 0 Å². The van der Waals surface area contributed by atoms with Crippen molar-refractivity contribution in [3.05, 3.63) is 0 Å². The lowest BCUT2D eigenvalue weighted by molar-refractivity contribution is -0.160. The average Bonchev–Trinajstić information content (AvgIpc) is 2.44. The van der Waals surface area contributed by atoms with Crippen LogP contribution in [0.5, 0.6) is 0 Å². The molecule has 2 bridgehead atoms. The highest BCUT2D eigenvalue weighted by Crippen LogP contribution is 2.26. The highest BCUT2D eigenvalue weighted by Gasteiger charge is 2.38. The molecule has 2 N–H and O–H groups in total. The molecular formula is C10H17NO4. The Kier molecular flexibility index (Phi) is 2.70. The summed E-state index contributed by atoms with van der Waals surface area (Å²) < 4.78 is 5.63. The Morgan fingerprint density at radius 3 is 2.47 bits per heavy atom. The number of aliphatic hydroxyl groups is 1. The number of hydrogen-bond acceptors (Lipinski definition) is 4. The highest BCUT2D eigenvalue weighted by atomic mass is 16.5. The van der Waals surface area contributed by atoms with E-state index in [2.05, 4.69) is 0 Å². The molecule has 0 aliphatic carbocycles. The molecule has 5 heteroatoms. The van der Waals surface area contributed by atoms with E-state index >= 15 is 0 Å². The number of likely N-dealkylation sites (tertiary alicyclic amines) is 1. The van der Waals surface area contributed by atoms with E-state index in [4.69, 9.17) is 9.84 Å². The molecule has 2 heterocycles. The van der Waals surface area contributed by atoms with Crippen LogP contribution in [0.4, 0.5) is 0 Å². The van der Waals surface area contributed by atoms with E-state index in [1.165, 1.54) is 6.92 Å². The minimum Gasteiger partial charge on any atom is -0.479 e. The number of ether oxygens (including phenoxy) is 1. The van der Waals surface area contributed by atoms with Crippen molar-refractivity contribution >= 4 is 5.97 Å². The van der Waals surface area contributed by atoms with Crippen LogP contribution in [0.3, 0.4) is 0 Å². The average molecular weight is 215 g/mol. The second kappa shape index (κ2) is 3.73. The van der Waals surface area contributed by atoms with Crippen molar-refractivity contribution in [1.82, 2.24) is 4.90 Å². The van der Waals surface area contributed by atoms with Gasteiger partial charge in [-0.3, -0.25) is 4.90 Å². The predicted octanol–water partition coefficient (Wildman–Crippen LogP) is -0.315. The SMILES string of the molecule is CC(O)(CN1CC2CCC(C1)O2)C(=O)O. The fraction of sp³-hybridized carbons (Fsp3) is 0.900. The number of carboxylic acid groups (broad SMARTS) is 1. The Morgan fingerprint density at radius 2 is 2.00 bits per heavy atom. The van der Waals surface area contributed by atoms with Crippen LogP contribution < -0.4 is 0 Å². The number of fused-ring (bicyclic) bond motifs is 2. The van der Waals surface area contributed by atoms with Crippen molar-refractivity contribution < 1.29 is 19.7 Å². The number of nitrogens with zero attached hydrogens (tertiary/aromatic N) is 1. The standard InChI is InChI=1S/C10H17NO4/c1-10(14,9(12)13)6-11-4-7-2-3-8(5-11)15-7/h7-8,14H,2-6H2,1H3,(H,12,13). The van der Waals surface area contributed by atoms with Crippen molar-refractivity contribution in [3.63, 3.8) is 0 Å². The van der Waals surface area contributed by atoms with Crippen LogP contribution in [0.15, 0.2) is 0 Å². The number of aliphatic carboxylic acids is 1. The van der Waals surface area contributed by atoms with Gasteiger partial charge in [-0.25, -0.2) is 4.79 Å². The van der Waals surface area contributed by atoms with Crippen LogP contribution in [0.25, 0.3) is 0 Å². The van der Waals surface area contributed by atoms with Gasteiger partial charge >= 0.3 is 5.97 Å². The molecule has 86 valence electrons. The first kappa shape index (κ1) is 10.9. The number of carboxylic acids is 1. The van der Waals surface area contributed by atoms with Crippen molar-refractivity contribution in [1.29, 1.82) is 0 Å². The molecule has 0 aromatic carbocycles. The molecule has 0 saturated carbocycles. The first-order valence-electron chi connectivity index (χ1n) is 5.31. The maximum absolute atomic E-state index is 10.8. The van der Waals surface area contributed by atoms with Crippen molar-refractivity contribution in [2.75, 3.05) is 19.6 Å². The monoisotopic (exact) mass is 215 g/mol. The second-order valence-corrected chi connectivity index (χ2v) is 4.73. The second-order valence-electron chi connectivity index (χ2n) is 4.73. The minimum atomic E-state index is -1.66. The van der Waals surface area contributed by atoms with E-state index in [1.807, 2.05) is 4.90 Å². The third kappa shape index (κ3) is 2.30. The summed E-state index contributed by atoms with van der Waals surface area (Å²) in [5, 5.41) is 18.5. The van der Waals surface area contributed by atoms with Gasteiger partial charge in [-0.2, -0.15) is 0 Å². The molecule has 0 aromatic rings. The van der Waals surface area contributed by atoms with Crippen LogP contribution in [-0.2, 0) is 9.53 Å². The lowest BCUT2D eigenvalue weighted by atomic mass is 10.1. The molecule has 0 amide bonds. The van der Waals surface area contributed by atoms with Crippen LogP contribution in [-0.4, -0.2) is 58.5 Å². The summed E-state index contributed by atoms with van der Waals surface area (Å²) >= 11 is 0. The van der Waals surface area contributed by atoms with Gasteiger partial charge < -0.3 is 14.9 Å². The third-order valence-corrected chi connectivity index (χ3v) is 3.11. The lowest BCUT2D eigenvalue weighted by Crippen LogP contribution is -2.52. The molecular weight excluding hydrogens is 198 g/mol. The van der Waals surface area contributed by atoms with E-state index < -0.39 is 11.6 Å². The Bertz CT molecular complexity index is 254. The summed E-state index contributed by atoms with van der Waals surface area (Å²) in [6.45, 7) is 2.99. The maximum Gasteiger partial charge on any atom is 0.336 e. The van der Waals surface area contributed by atoms with E-state index in [0.717, 1.165) is 25.9 Å². The van der Waals surface area contributed by atoms with Crippen LogP contribution in [0.2, 0.25) is 0 Å². The van der Waals surface area contributed by atoms with Crippen molar-refractivity contribution in [2.24, 2.45) is 0 Å². The number of morpholine rings is 1. The molecule has 2 saturated heterocycles. The molecule has 2 aliphatic rings. The lowest BCUT2D eigenvalue weighted by Gasteiger charge is -2.35. The molecule has 0 radical (unpaired) electrons. The number of rotatable bonds is 3. The smallest absolute Gasteiger partial charge is 0.336 e. The topological polar surface area (TPSA) is 70.0 Å². The fourth-order valence-electron chi connectivity index (χ4n) is 2.33. The molecule has 3 unspecified atom stereocenters. The van der Waals surface area contributed by atoms with E-state index in [9.17, 15) is 9.90 Å². The zero-order valence-corrected chi connectivity index (χ0v) is 8.85. The Labute approximate surface area is 88.6 Å². The zero-order valence-electron chi connectivity index (χ0n) is 8.85. The van der Waals surface area contributed by atoms with Gasteiger partial charge in [0, 0.05) is 19.6 Å². The molecule has 15 heavy (non-hydrogen) atoms. The zero-order chi connectivity index (χ0) is 11.1. The largest absolute Gasteiger partial charge is 0.479 e. The van der Waals surface area contributed by atoms with Crippen LogP contribution in [0.1, 0.15) is 19.8 Å². The summed E-state index contributed by atoms with van der Waals surface area (Å²) in [7, 11) is 0. The summed E-state index contributed by atoms with van der Waals surface area (Å²) in [5.74, 6) is -1.17. The predicted molar refractivity (Wildman–Crippen MR) is 52.6 cm³/mol. The summed E-state index contributed by atoms with van der Waals surface area (Å²) in [4.78, 5) is 12.8. The number of β-amino-alcohol motifs (C(OH)–C–C–N with tert-alkyl or cyclic N) is 1. The molecule has 3 atom stereocenters. The number of hydrogen-bond donors (Lipinski definition) is 2. The normalized spacial score (nSPS) is 35.1. The summed E-state index contributed by atoms with van der Waals surface area (Å²) in [6.07, 6.45) is 2.56. The molecule has 0 aromatic heterocycles. The third-order valence-electron chi connectivity index (χ3n) is 3.11. The van der Waals surface area contributed by atoms with Crippen LogP contribution in [0, 0.1) is 0 Å². The van der Waals surface area contributed by atoms with Gasteiger partial charge in [0.1, 0.15) is 0 Å². The van der Waals surface area contributed by atoms with Crippen molar-refractivity contribution in [3.8, 4) is 0 Å². The highest BCUT2D eigenvalue weighted by molar-refractivity contribution is 5.76. The molecule has 2 fully saturated rings. The van der Waals surface area contributed by atoms with Crippen molar-refractivity contribution in [2.45, 2.75) is 37.6 Å². The van der Waals surface area contributed by atoms with Crippen LogP contribution >= 0.6 is 0 Å². The fourth-order valence-corrected chi connectivity index (χ4v) is 2.33. The Morgan fingerprint density at radius 1 is 1.47 bits per heavy atom. The van der Waals surface area contributed by atoms with Gasteiger partial charge in [0.25, 0.3) is 0 Å². The summed E-state index contributed by atoms with van der Waals surface area (Å²) in [5.41, 5.74) is -1.66.